The van der Waals surface area contributed by atoms with Gasteiger partial charge in [-0.2, -0.15) is 0 Å². The van der Waals surface area contributed by atoms with Crippen molar-refractivity contribution in [3.05, 3.63) is 70.2 Å². The van der Waals surface area contributed by atoms with Crippen molar-refractivity contribution >= 4 is 40.8 Å². The van der Waals surface area contributed by atoms with Crippen LogP contribution < -0.4 is 16.4 Å². The summed E-state index contributed by atoms with van der Waals surface area (Å²) in [6, 6.07) is 9.79. The molecule has 0 radical (unpaired) electrons. The summed E-state index contributed by atoms with van der Waals surface area (Å²) >= 11 is 5.63. The first-order valence-electron chi connectivity index (χ1n) is 12.9. The summed E-state index contributed by atoms with van der Waals surface area (Å²) in [5.74, 6) is -5.25. The maximum Gasteiger partial charge on any atom is 0.319 e. The van der Waals surface area contributed by atoms with Crippen LogP contribution in [0.25, 0.3) is 11.1 Å². The van der Waals surface area contributed by atoms with Crippen LogP contribution in [0.2, 0.25) is 0 Å². The number of carbonyl (C=O) groups is 4. The van der Waals surface area contributed by atoms with Crippen LogP contribution in [-0.4, -0.2) is 51.2 Å². The van der Waals surface area contributed by atoms with E-state index in [0.29, 0.717) is 48.5 Å². The maximum atomic E-state index is 13.7. The third-order valence-corrected chi connectivity index (χ3v) is 8.09. The number of aromatic hydroxyl groups is 1. The van der Waals surface area contributed by atoms with Crippen LogP contribution in [0.3, 0.4) is 0 Å². The van der Waals surface area contributed by atoms with Crippen molar-refractivity contribution in [1.82, 2.24) is 5.32 Å². The smallest absolute Gasteiger partial charge is 0.319 e. The largest absolute Gasteiger partial charge is 0.511 e. The SMILES string of the molecule is NC(=O)C1=C(O)C[C@@H]2CC3Cc4c(-c5ccc(NC(=O)NCCCCl)cc5)ccc(O)c4C(=O)C3=C(O)C2C1=O. The number of primary amides is 1. The lowest BCUT2D eigenvalue weighted by molar-refractivity contribution is -0.126. The number of halogens is 1. The summed E-state index contributed by atoms with van der Waals surface area (Å²) in [7, 11) is 0. The Kier molecular flexibility index (Phi) is 7.29. The summed E-state index contributed by atoms with van der Waals surface area (Å²) in [5, 5.41) is 37.6. The minimum absolute atomic E-state index is 0.0234. The van der Waals surface area contributed by atoms with Gasteiger partial charge in [0.2, 0.25) is 0 Å². The van der Waals surface area contributed by atoms with Gasteiger partial charge in [-0.15, -0.1) is 11.6 Å². The molecule has 7 N–H and O–H groups in total. The molecule has 2 unspecified atom stereocenters. The lowest BCUT2D eigenvalue weighted by Gasteiger charge is -2.41. The Morgan fingerprint density at radius 2 is 1.75 bits per heavy atom. The van der Waals surface area contributed by atoms with Gasteiger partial charge >= 0.3 is 6.03 Å². The highest BCUT2D eigenvalue weighted by molar-refractivity contribution is 6.22. The highest BCUT2D eigenvalue weighted by Crippen LogP contribution is 2.50. The fourth-order valence-corrected chi connectivity index (χ4v) is 6.22. The second kappa shape index (κ2) is 10.7. The summed E-state index contributed by atoms with van der Waals surface area (Å²) in [6.07, 6.45) is 1.24. The lowest BCUT2D eigenvalue weighted by Crippen LogP contribution is -2.43. The molecule has 3 aliphatic carbocycles. The number of nitrogens with two attached hydrogens (primary N) is 1. The monoisotopic (exact) mass is 565 g/mol. The second-order valence-corrected chi connectivity index (χ2v) is 10.6. The van der Waals surface area contributed by atoms with Crippen molar-refractivity contribution in [3.8, 4) is 16.9 Å². The van der Waals surface area contributed by atoms with E-state index in [1.807, 2.05) is 0 Å². The number of phenols is 1. The van der Waals surface area contributed by atoms with Crippen LogP contribution in [0.4, 0.5) is 10.5 Å². The minimum Gasteiger partial charge on any atom is -0.511 e. The number of hydrogen-bond donors (Lipinski definition) is 6. The van der Waals surface area contributed by atoms with Gasteiger partial charge < -0.3 is 31.7 Å². The number of aliphatic hydroxyl groups excluding tert-OH is 2. The molecule has 3 aliphatic rings. The van der Waals surface area contributed by atoms with Crippen LogP contribution >= 0.6 is 11.6 Å². The van der Waals surface area contributed by atoms with E-state index in [4.69, 9.17) is 17.3 Å². The van der Waals surface area contributed by atoms with Gasteiger partial charge in [0.05, 0.1) is 11.5 Å². The molecule has 2 aromatic rings. The zero-order valence-electron chi connectivity index (χ0n) is 21.4. The molecule has 3 atom stereocenters. The molecule has 11 heteroatoms. The highest BCUT2D eigenvalue weighted by atomic mass is 35.5. The van der Waals surface area contributed by atoms with Gasteiger partial charge in [-0.3, -0.25) is 14.4 Å². The number of aliphatic hydroxyl groups is 2. The number of amides is 3. The fraction of sp³-hybridized carbons (Fsp3) is 0.310. The fourth-order valence-electron chi connectivity index (χ4n) is 6.09. The van der Waals surface area contributed by atoms with E-state index in [1.165, 1.54) is 6.07 Å². The van der Waals surface area contributed by atoms with E-state index in [1.54, 1.807) is 30.3 Å². The summed E-state index contributed by atoms with van der Waals surface area (Å²) < 4.78 is 0. The Morgan fingerprint density at radius 1 is 1.02 bits per heavy atom. The number of nitrogens with one attached hydrogen (secondary N) is 2. The number of rotatable bonds is 6. The van der Waals surface area contributed by atoms with E-state index >= 15 is 0 Å². The number of carbonyl (C=O) groups excluding carboxylic acids is 4. The molecule has 40 heavy (non-hydrogen) atoms. The molecule has 5 rings (SSSR count). The molecule has 3 amide bonds. The van der Waals surface area contributed by atoms with Crippen LogP contribution in [0.15, 0.2) is 59.1 Å². The van der Waals surface area contributed by atoms with E-state index in [9.17, 15) is 34.5 Å². The zero-order chi connectivity index (χ0) is 28.7. The minimum atomic E-state index is -1.16. The zero-order valence-corrected chi connectivity index (χ0v) is 22.1. The number of Topliss-reactive ketones (excluding diaryl/α,β-unsaturated/α-hetero) is 2. The number of alkyl halides is 1. The van der Waals surface area contributed by atoms with Gasteiger partial charge in [0.25, 0.3) is 5.91 Å². The Hall–Kier alpha value is -4.31. The first-order valence-corrected chi connectivity index (χ1v) is 13.5. The number of fused-ring (bicyclic) bond motifs is 3. The van der Waals surface area contributed by atoms with E-state index in [2.05, 4.69) is 10.6 Å². The van der Waals surface area contributed by atoms with Gasteiger partial charge in [-0.25, -0.2) is 4.79 Å². The van der Waals surface area contributed by atoms with Crippen LogP contribution in [0, 0.1) is 17.8 Å². The Morgan fingerprint density at radius 3 is 2.42 bits per heavy atom. The first kappa shape index (κ1) is 27.3. The molecule has 208 valence electrons. The molecular weight excluding hydrogens is 538 g/mol. The van der Waals surface area contributed by atoms with E-state index in [-0.39, 0.29) is 29.3 Å². The average molecular weight is 566 g/mol. The molecular formula is C29H28ClN3O7. The third kappa shape index (κ3) is 4.68. The molecule has 0 bridgehead atoms. The van der Waals surface area contributed by atoms with Crippen LogP contribution in [-0.2, 0) is 16.0 Å². The summed E-state index contributed by atoms with van der Waals surface area (Å²) in [4.78, 5) is 50.5. The number of allylic oxidation sites excluding steroid dienone is 3. The van der Waals surface area contributed by atoms with Crippen molar-refractivity contribution in [2.45, 2.75) is 25.7 Å². The first-order chi connectivity index (χ1) is 19.1. The standard InChI is InChI=1S/C29H28ClN3O7/c30-8-1-9-32-29(40)33-16-4-2-13(3-5-16)17-6-7-19(34)23-18(17)11-14-10-15-12-20(35)24(28(31)39)27(38)22(15)25(36)21(14)26(23)37/h2-7,14-15,22,34-36H,1,8-12H2,(H2,31,39)(H2,32,33,40)/t14?,15-,22?/m0/s1. The number of phenolic OH excluding ortho intramolecular Hbond substituents is 1. The lowest BCUT2D eigenvalue weighted by atomic mass is 9.62. The van der Waals surface area contributed by atoms with E-state index < -0.39 is 52.3 Å². The number of hydrogen-bond acceptors (Lipinski definition) is 7. The molecule has 0 aliphatic heterocycles. The molecule has 0 fully saturated rings. The average Bonchev–Trinajstić information content (AvgIpc) is 2.89. The number of urea groups is 1. The Bertz CT molecular complexity index is 1500. The van der Waals surface area contributed by atoms with Crippen molar-refractivity contribution in [2.75, 3.05) is 17.7 Å². The van der Waals surface area contributed by atoms with Crippen LogP contribution in [0.5, 0.6) is 5.75 Å². The number of anilines is 1. The van der Waals surface area contributed by atoms with Gasteiger partial charge in [0.15, 0.2) is 11.6 Å². The topological polar surface area (TPSA) is 179 Å². The Labute approximate surface area is 234 Å². The van der Waals surface area contributed by atoms with Crippen molar-refractivity contribution in [2.24, 2.45) is 23.5 Å². The predicted molar refractivity (Wildman–Crippen MR) is 147 cm³/mol. The van der Waals surface area contributed by atoms with Gasteiger partial charge in [0, 0.05) is 30.1 Å². The van der Waals surface area contributed by atoms with Crippen LogP contribution in [0.1, 0.15) is 35.2 Å². The van der Waals surface area contributed by atoms with Crippen molar-refractivity contribution in [1.29, 1.82) is 0 Å². The maximum absolute atomic E-state index is 13.7. The molecule has 0 spiro atoms. The molecule has 2 aromatic carbocycles. The van der Waals surface area contributed by atoms with Gasteiger partial charge in [-0.05, 0) is 66.0 Å². The normalized spacial score (nSPS) is 21.9. The van der Waals surface area contributed by atoms with E-state index in [0.717, 1.165) is 5.56 Å². The quantitative estimate of drug-likeness (QED) is 0.175. The molecule has 0 aromatic heterocycles. The number of ketones is 2. The van der Waals surface area contributed by atoms with Gasteiger partial charge in [-0.1, -0.05) is 18.2 Å². The highest BCUT2D eigenvalue weighted by Gasteiger charge is 2.50. The molecule has 0 saturated heterocycles. The molecule has 0 saturated carbocycles. The number of benzene rings is 2. The molecule has 0 heterocycles. The second-order valence-electron chi connectivity index (χ2n) is 10.2. The molecule has 10 nitrogen and oxygen atoms in total. The van der Waals surface area contributed by atoms with Crippen molar-refractivity contribution < 1.29 is 34.5 Å². The summed E-state index contributed by atoms with van der Waals surface area (Å²) in [5.41, 5.74) is 7.45. The summed E-state index contributed by atoms with van der Waals surface area (Å²) in [6.45, 7) is 0.451. The Balaban J connectivity index is 1.47. The van der Waals surface area contributed by atoms with Crippen molar-refractivity contribution in [3.63, 3.8) is 0 Å². The third-order valence-electron chi connectivity index (χ3n) is 7.82. The van der Waals surface area contributed by atoms with Gasteiger partial charge in [0.1, 0.15) is 22.8 Å². The predicted octanol–water partition coefficient (Wildman–Crippen LogP) is 3.88.